The molecule has 0 fully saturated rings. The summed E-state index contributed by atoms with van der Waals surface area (Å²) in [5.41, 5.74) is 8.16. The predicted octanol–water partition coefficient (Wildman–Crippen LogP) is 8.33. The Hall–Kier alpha value is -2.94. The summed E-state index contributed by atoms with van der Waals surface area (Å²) in [4.78, 5) is 5.28. The molecule has 0 amide bonds. The topological polar surface area (TPSA) is 0 Å². The SMILES string of the molecule is c1ccc(SC2=C3C(=C(Sc4ccccc4)c4ccccc43)c3ccccc32)cc1. The van der Waals surface area contributed by atoms with Crippen molar-refractivity contribution in [2.75, 3.05) is 0 Å². The Kier molecular flexibility index (Phi) is 4.40. The standard InChI is InChI=1S/C28H18S2/c1-3-11-19(12-4-1)29-27-23-17-9-7-15-21(23)26-25(27)22-16-8-10-18-24(22)28(26)30-20-13-5-2-6-14-20/h1-18H. The first kappa shape index (κ1) is 17.9. The molecule has 4 aromatic rings. The molecular formula is C28H18S2. The van der Waals surface area contributed by atoms with Crippen molar-refractivity contribution in [3.05, 3.63) is 131 Å². The van der Waals surface area contributed by atoms with Crippen LogP contribution in [0.15, 0.2) is 119 Å². The lowest BCUT2D eigenvalue weighted by molar-refractivity contribution is 1.47. The normalized spacial score (nSPS) is 14.0. The average Bonchev–Trinajstić information content (AvgIpc) is 3.29. The maximum Gasteiger partial charge on any atom is 0.0286 e. The molecule has 6 rings (SSSR count). The van der Waals surface area contributed by atoms with Crippen LogP contribution in [-0.4, -0.2) is 0 Å². The average molecular weight is 419 g/mol. The zero-order chi connectivity index (χ0) is 19.9. The highest BCUT2D eigenvalue weighted by Crippen LogP contribution is 2.61. The van der Waals surface area contributed by atoms with Gasteiger partial charge in [-0.05, 0) is 46.5 Å². The van der Waals surface area contributed by atoms with Gasteiger partial charge in [-0.2, -0.15) is 0 Å². The maximum atomic E-state index is 2.28. The van der Waals surface area contributed by atoms with Gasteiger partial charge in [0.25, 0.3) is 0 Å². The van der Waals surface area contributed by atoms with Crippen LogP contribution in [0.25, 0.3) is 21.0 Å². The van der Waals surface area contributed by atoms with E-state index < -0.39 is 0 Å². The molecule has 0 bridgehead atoms. The van der Waals surface area contributed by atoms with Gasteiger partial charge in [0.05, 0.1) is 0 Å². The molecule has 30 heavy (non-hydrogen) atoms. The van der Waals surface area contributed by atoms with Crippen LogP contribution in [0.1, 0.15) is 22.3 Å². The Balaban J connectivity index is 1.60. The van der Waals surface area contributed by atoms with E-state index in [2.05, 4.69) is 109 Å². The van der Waals surface area contributed by atoms with Crippen molar-refractivity contribution in [3.8, 4) is 0 Å². The van der Waals surface area contributed by atoms with Crippen LogP contribution in [0, 0.1) is 0 Å². The molecule has 2 aliphatic carbocycles. The maximum absolute atomic E-state index is 2.28. The second-order valence-corrected chi connectivity index (χ2v) is 9.50. The van der Waals surface area contributed by atoms with E-state index in [1.54, 1.807) is 0 Å². The Morgan fingerprint density at radius 1 is 0.333 bits per heavy atom. The fraction of sp³-hybridized carbons (Fsp3) is 0. The van der Waals surface area contributed by atoms with Gasteiger partial charge < -0.3 is 0 Å². The first-order valence-corrected chi connectivity index (χ1v) is 11.7. The van der Waals surface area contributed by atoms with E-state index in [1.807, 2.05) is 23.5 Å². The molecule has 0 radical (unpaired) electrons. The zero-order valence-corrected chi connectivity index (χ0v) is 17.8. The minimum absolute atomic E-state index is 1.28. The fourth-order valence-corrected chi connectivity index (χ4v) is 6.50. The van der Waals surface area contributed by atoms with Crippen molar-refractivity contribution in [2.45, 2.75) is 9.79 Å². The summed E-state index contributed by atoms with van der Waals surface area (Å²) in [5.74, 6) is 0. The number of benzene rings is 4. The van der Waals surface area contributed by atoms with Crippen LogP contribution in [0.5, 0.6) is 0 Å². The van der Waals surface area contributed by atoms with E-state index in [9.17, 15) is 0 Å². The molecule has 0 aromatic heterocycles. The smallest absolute Gasteiger partial charge is 0.0286 e. The van der Waals surface area contributed by atoms with Gasteiger partial charge in [-0.3, -0.25) is 0 Å². The lowest BCUT2D eigenvalue weighted by Gasteiger charge is -2.10. The molecule has 142 valence electrons. The molecular weight excluding hydrogens is 400 g/mol. The van der Waals surface area contributed by atoms with Crippen molar-refractivity contribution >= 4 is 44.5 Å². The van der Waals surface area contributed by atoms with E-state index in [-0.39, 0.29) is 0 Å². The Morgan fingerprint density at radius 2 is 0.667 bits per heavy atom. The van der Waals surface area contributed by atoms with Crippen LogP contribution in [-0.2, 0) is 0 Å². The number of hydrogen-bond donors (Lipinski definition) is 0. The summed E-state index contributed by atoms with van der Waals surface area (Å²) in [7, 11) is 0. The van der Waals surface area contributed by atoms with Gasteiger partial charge in [0, 0.05) is 30.7 Å². The molecule has 0 spiro atoms. The summed E-state index contributed by atoms with van der Waals surface area (Å²) in [5, 5.41) is 0. The molecule has 0 aliphatic heterocycles. The monoisotopic (exact) mass is 418 g/mol. The van der Waals surface area contributed by atoms with E-state index >= 15 is 0 Å². The van der Waals surface area contributed by atoms with Gasteiger partial charge in [-0.1, -0.05) is 108 Å². The van der Waals surface area contributed by atoms with Crippen molar-refractivity contribution in [2.24, 2.45) is 0 Å². The fourth-order valence-electron chi connectivity index (χ4n) is 4.23. The minimum Gasteiger partial charge on any atom is -0.0888 e. The largest absolute Gasteiger partial charge is 0.0888 e. The highest BCUT2D eigenvalue weighted by atomic mass is 32.2. The van der Waals surface area contributed by atoms with Crippen molar-refractivity contribution < 1.29 is 0 Å². The van der Waals surface area contributed by atoms with Crippen molar-refractivity contribution in [1.29, 1.82) is 0 Å². The molecule has 0 saturated carbocycles. The number of thioether (sulfide) groups is 2. The lowest BCUT2D eigenvalue weighted by atomic mass is 10.0. The van der Waals surface area contributed by atoms with Gasteiger partial charge in [0.2, 0.25) is 0 Å². The molecule has 0 N–H and O–H groups in total. The first-order chi connectivity index (χ1) is 14.9. The third-order valence-electron chi connectivity index (χ3n) is 5.51. The van der Waals surface area contributed by atoms with E-state index in [0.29, 0.717) is 0 Å². The summed E-state index contributed by atoms with van der Waals surface area (Å²) < 4.78 is 0. The second kappa shape index (κ2) is 7.39. The molecule has 4 aromatic carbocycles. The minimum atomic E-state index is 1.28. The number of hydrogen-bond acceptors (Lipinski definition) is 2. The van der Waals surface area contributed by atoms with E-state index in [4.69, 9.17) is 0 Å². The highest BCUT2D eigenvalue weighted by Gasteiger charge is 2.36. The third kappa shape index (κ3) is 2.87. The number of fused-ring (bicyclic) bond motifs is 5. The van der Waals surface area contributed by atoms with Crippen molar-refractivity contribution in [1.82, 2.24) is 0 Å². The van der Waals surface area contributed by atoms with E-state index in [0.717, 1.165) is 0 Å². The zero-order valence-electron chi connectivity index (χ0n) is 16.2. The molecule has 0 saturated heterocycles. The van der Waals surface area contributed by atoms with Gasteiger partial charge in [-0.15, -0.1) is 0 Å². The van der Waals surface area contributed by atoms with Crippen LogP contribution in [0.3, 0.4) is 0 Å². The Labute approximate surface area is 185 Å². The Morgan fingerprint density at radius 3 is 1.07 bits per heavy atom. The number of rotatable bonds is 4. The van der Waals surface area contributed by atoms with Gasteiger partial charge in [-0.25, -0.2) is 0 Å². The molecule has 0 unspecified atom stereocenters. The van der Waals surface area contributed by atoms with Gasteiger partial charge in [0.15, 0.2) is 0 Å². The summed E-state index contributed by atoms with van der Waals surface area (Å²) in [6, 6.07) is 39.1. The Bertz CT molecular complexity index is 1210. The van der Waals surface area contributed by atoms with Gasteiger partial charge in [0.1, 0.15) is 0 Å². The predicted molar refractivity (Wildman–Crippen MR) is 131 cm³/mol. The molecule has 0 nitrogen and oxygen atoms in total. The summed E-state index contributed by atoms with van der Waals surface area (Å²) >= 11 is 3.76. The quantitative estimate of drug-likeness (QED) is 0.327. The van der Waals surface area contributed by atoms with Crippen LogP contribution in [0.2, 0.25) is 0 Å². The van der Waals surface area contributed by atoms with Crippen molar-refractivity contribution in [3.63, 3.8) is 0 Å². The van der Waals surface area contributed by atoms with Gasteiger partial charge >= 0.3 is 0 Å². The third-order valence-corrected chi connectivity index (χ3v) is 7.78. The summed E-state index contributed by atoms with van der Waals surface area (Å²) in [6.45, 7) is 0. The molecule has 0 heterocycles. The number of allylic oxidation sites excluding steroid dienone is 2. The highest BCUT2D eigenvalue weighted by molar-refractivity contribution is 8.09. The van der Waals surface area contributed by atoms with Crippen LogP contribution >= 0.6 is 23.5 Å². The van der Waals surface area contributed by atoms with E-state index in [1.165, 1.54) is 53.0 Å². The summed E-state index contributed by atoms with van der Waals surface area (Å²) in [6.07, 6.45) is 0. The molecule has 2 heteroatoms. The lowest BCUT2D eigenvalue weighted by Crippen LogP contribution is -1.86. The van der Waals surface area contributed by atoms with Crippen LogP contribution in [0.4, 0.5) is 0 Å². The first-order valence-electron chi connectivity index (χ1n) is 10.0. The second-order valence-electron chi connectivity index (χ2n) is 7.33. The molecule has 0 atom stereocenters. The molecule has 2 aliphatic rings. The van der Waals surface area contributed by atoms with Crippen LogP contribution < -0.4 is 0 Å².